The van der Waals surface area contributed by atoms with Gasteiger partial charge in [0.1, 0.15) is 5.54 Å². The maximum absolute atomic E-state index is 11.5. The van der Waals surface area contributed by atoms with Crippen LogP contribution in [0, 0.1) is 5.92 Å². The van der Waals surface area contributed by atoms with Crippen LogP contribution in [0.15, 0.2) is 0 Å². The Balaban J connectivity index is 2.46. The first kappa shape index (κ1) is 15.4. The van der Waals surface area contributed by atoms with Gasteiger partial charge in [-0.25, -0.2) is 0 Å². The Morgan fingerprint density at radius 2 is 1.89 bits per heavy atom. The van der Waals surface area contributed by atoms with Crippen molar-refractivity contribution in [3.05, 3.63) is 0 Å². The van der Waals surface area contributed by atoms with Crippen LogP contribution in [0.2, 0.25) is 0 Å². The molecule has 1 aliphatic rings. The van der Waals surface area contributed by atoms with Crippen molar-refractivity contribution in [3.63, 3.8) is 0 Å². The molecule has 106 valence electrons. The highest BCUT2D eigenvalue weighted by atomic mass is 16.4. The molecule has 1 rings (SSSR count). The van der Waals surface area contributed by atoms with Gasteiger partial charge in [-0.2, -0.15) is 0 Å². The van der Waals surface area contributed by atoms with Gasteiger partial charge in [0, 0.05) is 13.1 Å². The topological polar surface area (TPSA) is 52.6 Å². The summed E-state index contributed by atoms with van der Waals surface area (Å²) >= 11 is 0. The Bertz CT molecular complexity index is 257. The van der Waals surface area contributed by atoms with Crippen molar-refractivity contribution < 1.29 is 9.90 Å². The molecule has 0 saturated heterocycles. The van der Waals surface area contributed by atoms with Gasteiger partial charge < -0.3 is 15.3 Å². The second-order valence-corrected chi connectivity index (χ2v) is 5.52. The van der Waals surface area contributed by atoms with Crippen LogP contribution < -0.4 is 5.32 Å². The van der Waals surface area contributed by atoms with Crippen LogP contribution in [-0.4, -0.2) is 47.7 Å². The van der Waals surface area contributed by atoms with Gasteiger partial charge in [-0.05, 0) is 44.7 Å². The summed E-state index contributed by atoms with van der Waals surface area (Å²) in [5.41, 5.74) is -0.667. The molecule has 0 aromatic carbocycles. The summed E-state index contributed by atoms with van der Waals surface area (Å²) in [7, 11) is 0. The molecular weight excluding hydrogens is 228 g/mol. The molecule has 0 aromatic rings. The number of hydrogen-bond donors (Lipinski definition) is 2. The van der Waals surface area contributed by atoms with E-state index in [0.717, 1.165) is 51.9 Å². The van der Waals surface area contributed by atoms with Gasteiger partial charge in [0.2, 0.25) is 0 Å². The molecule has 1 fully saturated rings. The first-order chi connectivity index (χ1) is 8.54. The lowest BCUT2D eigenvalue weighted by Crippen LogP contribution is -2.55. The van der Waals surface area contributed by atoms with Crippen molar-refractivity contribution in [2.24, 2.45) is 5.92 Å². The largest absolute Gasteiger partial charge is 0.480 e. The highest BCUT2D eigenvalue weighted by molar-refractivity contribution is 5.78. The number of carbonyl (C=O) groups is 1. The zero-order valence-electron chi connectivity index (χ0n) is 12.0. The van der Waals surface area contributed by atoms with E-state index >= 15 is 0 Å². The maximum Gasteiger partial charge on any atom is 0.323 e. The predicted molar refractivity (Wildman–Crippen MR) is 73.8 cm³/mol. The molecule has 0 amide bonds. The summed E-state index contributed by atoms with van der Waals surface area (Å²) < 4.78 is 0. The zero-order chi connectivity index (χ0) is 13.6. The van der Waals surface area contributed by atoms with E-state index in [-0.39, 0.29) is 0 Å². The summed E-state index contributed by atoms with van der Waals surface area (Å²) in [6.07, 6.45) is 3.57. The second kappa shape index (κ2) is 7.10. The van der Waals surface area contributed by atoms with Crippen molar-refractivity contribution in [1.29, 1.82) is 0 Å². The van der Waals surface area contributed by atoms with Crippen LogP contribution in [-0.2, 0) is 4.79 Å². The lowest BCUT2D eigenvalue weighted by Gasteiger charge is -2.37. The fourth-order valence-corrected chi connectivity index (χ4v) is 2.71. The first-order valence-electron chi connectivity index (χ1n) is 7.25. The van der Waals surface area contributed by atoms with E-state index in [0.29, 0.717) is 5.92 Å². The minimum atomic E-state index is -0.672. The van der Waals surface area contributed by atoms with Gasteiger partial charge in [0.05, 0.1) is 0 Å². The fraction of sp³-hybridized carbons (Fsp3) is 0.929. The minimum absolute atomic E-state index is 0.667. The molecule has 0 heterocycles. The summed E-state index contributed by atoms with van der Waals surface area (Å²) in [6.45, 7) is 10.2. The molecule has 0 bridgehead atoms. The van der Waals surface area contributed by atoms with Crippen molar-refractivity contribution in [1.82, 2.24) is 10.2 Å². The van der Waals surface area contributed by atoms with Gasteiger partial charge in [0.15, 0.2) is 0 Å². The second-order valence-electron chi connectivity index (χ2n) is 5.52. The van der Waals surface area contributed by atoms with E-state index in [9.17, 15) is 9.90 Å². The Hall–Kier alpha value is -0.610. The van der Waals surface area contributed by atoms with Crippen LogP contribution >= 0.6 is 0 Å². The maximum atomic E-state index is 11.5. The summed E-state index contributed by atoms with van der Waals surface area (Å²) in [6, 6.07) is 0. The third kappa shape index (κ3) is 3.95. The molecule has 0 radical (unpaired) electrons. The van der Waals surface area contributed by atoms with Gasteiger partial charge in [-0.1, -0.05) is 20.8 Å². The molecule has 0 aromatic heterocycles. The highest BCUT2D eigenvalue weighted by Crippen LogP contribution is 2.32. The molecule has 4 heteroatoms. The molecule has 0 unspecified atom stereocenters. The van der Waals surface area contributed by atoms with Crippen molar-refractivity contribution in [3.8, 4) is 0 Å². The Morgan fingerprint density at radius 1 is 1.33 bits per heavy atom. The first-order valence-corrected chi connectivity index (χ1v) is 7.25. The average Bonchev–Trinajstić information content (AvgIpc) is 2.37. The summed E-state index contributed by atoms with van der Waals surface area (Å²) in [5, 5.41) is 12.8. The number of likely N-dealkylation sites (N-methyl/N-ethyl adjacent to an activating group) is 1. The normalized spacial score (nSPS) is 28.6. The molecule has 2 N–H and O–H groups in total. The van der Waals surface area contributed by atoms with Gasteiger partial charge in [-0.15, -0.1) is 0 Å². The van der Waals surface area contributed by atoms with Gasteiger partial charge >= 0.3 is 5.97 Å². The fourth-order valence-electron chi connectivity index (χ4n) is 2.71. The number of nitrogens with one attached hydrogen (secondary N) is 1. The molecule has 1 saturated carbocycles. The quantitative estimate of drug-likeness (QED) is 0.731. The van der Waals surface area contributed by atoms with Crippen LogP contribution in [0.1, 0.15) is 46.5 Å². The molecule has 4 nitrogen and oxygen atoms in total. The number of hydrogen-bond acceptors (Lipinski definition) is 3. The zero-order valence-corrected chi connectivity index (χ0v) is 12.0. The van der Waals surface area contributed by atoms with Crippen LogP contribution in [0.5, 0.6) is 0 Å². The van der Waals surface area contributed by atoms with Crippen LogP contribution in [0.25, 0.3) is 0 Å². The third-order valence-corrected chi connectivity index (χ3v) is 4.32. The van der Waals surface area contributed by atoms with E-state index in [1.165, 1.54) is 0 Å². The Morgan fingerprint density at radius 3 is 2.33 bits per heavy atom. The SMILES string of the molecule is CCN(CC)CCNC1(C(=O)O)CCC(C)CC1. The number of nitrogens with zero attached hydrogens (tertiary/aromatic N) is 1. The third-order valence-electron chi connectivity index (χ3n) is 4.32. The van der Waals surface area contributed by atoms with Crippen molar-refractivity contribution in [2.45, 2.75) is 52.0 Å². The lowest BCUT2D eigenvalue weighted by molar-refractivity contribution is -0.146. The molecule has 18 heavy (non-hydrogen) atoms. The van der Waals surface area contributed by atoms with E-state index in [2.05, 4.69) is 31.0 Å². The highest BCUT2D eigenvalue weighted by Gasteiger charge is 2.40. The van der Waals surface area contributed by atoms with E-state index < -0.39 is 11.5 Å². The van der Waals surface area contributed by atoms with E-state index in [1.807, 2.05) is 0 Å². The summed E-state index contributed by atoms with van der Waals surface area (Å²) in [4.78, 5) is 13.8. The smallest absolute Gasteiger partial charge is 0.323 e. The number of carboxylic acids is 1. The van der Waals surface area contributed by atoms with Crippen molar-refractivity contribution >= 4 is 5.97 Å². The standard InChI is InChI=1S/C14H28N2O2/c1-4-16(5-2)11-10-15-14(13(17)18)8-6-12(3)7-9-14/h12,15H,4-11H2,1-3H3,(H,17,18). The van der Waals surface area contributed by atoms with Gasteiger partial charge in [-0.3, -0.25) is 4.79 Å². The Labute approximate surface area is 111 Å². The molecular formula is C14H28N2O2. The van der Waals surface area contributed by atoms with Gasteiger partial charge in [0.25, 0.3) is 0 Å². The van der Waals surface area contributed by atoms with Crippen LogP contribution in [0.3, 0.4) is 0 Å². The summed E-state index contributed by atoms with van der Waals surface area (Å²) in [5.74, 6) is -0.00370. The lowest BCUT2D eigenvalue weighted by atomic mass is 9.77. The number of rotatable bonds is 7. The van der Waals surface area contributed by atoms with Crippen molar-refractivity contribution in [2.75, 3.05) is 26.2 Å². The number of carboxylic acid groups (broad SMARTS) is 1. The molecule has 1 aliphatic carbocycles. The minimum Gasteiger partial charge on any atom is -0.480 e. The van der Waals surface area contributed by atoms with E-state index in [4.69, 9.17) is 0 Å². The monoisotopic (exact) mass is 256 g/mol. The molecule has 0 aliphatic heterocycles. The molecule has 0 spiro atoms. The predicted octanol–water partition coefficient (Wildman–Crippen LogP) is 1.95. The molecule has 0 atom stereocenters. The Kier molecular flexibility index (Phi) is 6.09. The number of aliphatic carboxylic acids is 1. The average molecular weight is 256 g/mol. The van der Waals surface area contributed by atoms with Crippen LogP contribution in [0.4, 0.5) is 0 Å². The van der Waals surface area contributed by atoms with E-state index in [1.54, 1.807) is 0 Å².